The first-order chi connectivity index (χ1) is 5.18. The van der Waals surface area contributed by atoms with E-state index in [9.17, 15) is 0 Å². The van der Waals surface area contributed by atoms with Crippen molar-refractivity contribution >= 4 is 5.71 Å². The number of unbranched alkanes of at least 4 members (excludes halogenated alkanes) is 3. The molecule has 0 saturated heterocycles. The van der Waals surface area contributed by atoms with E-state index < -0.39 is 0 Å². The van der Waals surface area contributed by atoms with Crippen LogP contribution in [0.15, 0.2) is 0 Å². The minimum atomic E-state index is 0.455. The maximum atomic E-state index is 7.58. The van der Waals surface area contributed by atoms with Crippen molar-refractivity contribution in [2.24, 2.45) is 5.92 Å². The molecule has 0 aromatic rings. The average molecular weight is 155 g/mol. The summed E-state index contributed by atoms with van der Waals surface area (Å²) in [5, 5.41) is 7.58. The van der Waals surface area contributed by atoms with E-state index >= 15 is 0 Å². The molecular formula is C10H21N. The number of nitrogens with one attached hydrogen (secondary N) is 1. The summed E-state index contributed by atoms with van der Waals surface area (Å²) in [4.78, 5) is 0. The molecule has 0 aliphatic heterocycles. The van der Waals surface area contributed by atoms with Gasteiger partial charge in [-0.1, -0.05) is 40.0 Å². The van der Waals surface area contributed by atoms with Gasteiger partial charge in [-0.25, -0.2) is 0 Å². The van der Waals surface area contributed by atoms with Gasteiger partial charge in [0.05, 0.1) is 0 Å². The summed E-state index contributed by atoms with van der Waals surface area (Å²) >= 11 is 0. The van der Waals surface area contributed by atoms with E-state index in [0.29, 0.717) is 5.92 Å². The van der Waals surface area contributed by atoms with Crippen LogP contribution in [0, 0.1) is 11.3 Å². The summed E-state index contributed by atoms with van der Waals surface area (Å²) in [6, 6.07) is 0. The standard InChI is InChI=1S/C10H21N/c1-4-5-6-7-8-10(11)9(2)3/h9,11H,4-8H2,1-3H3. The van der Waals surface area contributed by atoms with Crippen LogP contribution < -0.4 is 0 Å². The predicted molar refractivity (Wildman–Crippen MR) is 51.3 cm³/mol. The molecule has 0 aliphatic rings. The number of rotatable bonds is 6. The van der Waals surface area contributed by atoms with Crippen molar-refractivity contribution in [2.45, 2.75) is 52.9 Å². The van der Waals surface area contributed by atoms with Crippen LogP contribution in [0.2, 0.25) is 0 Å². The molecule has 0 aromatic heterocycles. The summed E-state index contributed by atoms with van der Waals surface area (Å²) in [5.74, 6) is 0.455. The number of hydrogen-bond acceptors (Lipinski definition) is 1. The molecular weight excluding hydrogens is 134 g/mol. The Labute approximate surface area is 70.7 Å². The van der Waals surface area contributed by atoms with Gasteiger partial charge in [0, 0.05) is 5.71 Å². The van der Waals surface area contributed by atoms with Crippen molar-refractivity contribution in [2.75, 3.05) is 0 Å². The van der Waals surface area contributed by atoms with E-state index in [4.69, 9.17) is 5.41 Å². The summed E-state index contributed by atoms with van der Waals surface area (Å²) in [7, 11) is 0. The normalized spacial score (nSPS) is 10.5. The van der Waals surface area contributed by atoms with Crippen LogP contribution in [-0.2, 0) is 0 Å². The summed E-state index contributed by atoms with van der Waals surface area (Å²) in [5.41, 5.74) is 0.918. The molecule has 0 radical (unpaired) electrons. The molecule has 0 atom stereocenters. The van der Waals surface area contributed by atoms with Crippen LogP contribution in [0.25, 0.3) is 0 Å². The Bertz CT molecular complexity index is 105. The van der Waals surface area contributed by atoms with Gasteiger partial charge in [-0.3, -0.25) is 0 Å². The summed E-state index contributed by atoms with van der Waals surface area (Å²) in [6.45, 7) is 6.41. The topological polar surface area (TPSA) is 23.9 Å². The van der Waals surface area contributed by atoms with Crippen molar-refractivity contribution in [3.63, 3.8) is 0 Å². The van der Waals surface area contributed by atoms with Crippen molar-refractivity contribution < 1.29 is 0 Å². The molecule has 11 heavy (non-hydrogen) atoms. The molecule has 1 heteroatoms. The highest BCUT2D eigenvalue weighted by atomic mass is 14.4. The largest absolute Gasteiger partial charge is 0.309 e. The predicted octanol–water partition coefficient (Wildman–Crippen LogP) is 3.63. The molecule has 1 N–H and O–H groups in total. The molecule has 0 spiro atoms. The molecule has 0 unspecified atom stereocenters. The maximum absolute atomic E-state index is 7.58. The van der Waals surface area contributed by atoms with Gasteiger partial charge in [0.2, 0.25) is 0 Å². The Kier molecular flexibility index (Phi) is 6.19. The second kappa shape index (κ2) is 6.38. The first kappa shape index (κ1) is 10.7. The maximum Gasteiger partial charge on any atom is 0.0114 e. The van der Waals surface area contributed by atoms with Crippen LogP contribution in [0.3, 0.4) is 0 Å². The molecule has 0 aromatic carbocycles. The van der Waals surface area contributed by atoms with Crippen LogP contribution in [0.1, 0.15) is 52.9 Å². The van der Waals surface area contributed by atoms with Crippen LogP contribution in [0.4, 0.5) is 0 Å². The van der Waals surface area contributed by atoms with E-state index in [0.717, 1.165) is 12.1 Å². The quantitative estimate of drug-likeness (QED) is 0.447. The molecule has 0 saturated carbocycles. The van der Waals surface area contributed by atoms with Crippen LogP contribution in [-0.4, -0.2) is 5.71 Å². The first-order valence-corrected chi connectivity index (χ1v) is 4.75. The highest BCUT2D eigenvalue weighted by Crippen LogP contribution is 2.07. The molecule has 1 nitrogen and oxygen atoms in total. The highest BCUT2D eigenvalue weighted by molar-refractivity contribution is 5.82. The molecule has 66 valence electrons. The minimum absolute atomic E-state index is 0.455. The average Bonchev–Trinajstić information content (AvgIpc) is 1.97. The van der Waals surface area contributed by atoms with Gasteiger partial charge in [-0.2, -0.15) is 0 Å². The lowest BCUT2D eigenvalue weighted by atomic mass is 10.0. The van der Waals surface area contributed by atoms with Gasteiger partial charge in [-0.05, 0) is 18.8 Å². The van der Waals surface area contributed by atoms with Gasteiger partial charge in [-0.15, -0.1) is 0 Å². The zero-order valence-electron chi connectivity index (χ0n) is 8.11. The fraction of sp³-hybridized carbons (Fsp3) is 0.900. The van der Waals surface area contributed by atoms with Gasteiger partial charge in [0.15, 0.2) is 0 Å². The summed E-state index contributed by atoms with van der Waals surface area (Å²) < 4.78 is 0. The Hall–Kier alpha value is -0.330. The Morgan fingerprint density at radius 1 is 1.18 bits per heavy atom. The lowest BCUT2D eigenvalue weighted by Crippen LogP contribution is -2.04. The third-order valence-corrected chi connectivity index (χ3v) is 2.00. The Morgan fingerprint density at radius 3 is 2.27 bits per heavy atom. The van der Waals surface area contributed by atoms with Crippen molar-refractivity contribution in [3.8, 4) is 0 Å². The molecule has 0 aliphatic carbocycles. The zero-order chi connectivity index (χ0) is 8.69. The van der Waals surface area contributed by atoms with Crippen LogP contribution >= 0.6 is 0 Å². The van der Waals surface area contributed by atoms with Gasteiger partial charge >= 0.3 is 0 Å². The third-order valence-electron chi connectivity index (χ3n) is 2.00. The molecule has 0 amide bonds. The molecule has 0 fully saturated rings. The summed E-state index contributed by atoms with van der Waals surface area (Å²) in [6.07, 6.45) is 6.13. The fourth-order valence-electron chi connectivity index (χ4n) is 1.03. The fourth-order valence-corrected chi connectivity index (χ4v) is 1.03. The Morgan fingerprint density at radius 2 is 1.82 bits per heavy atom. The van der Waals surface area contributed by atoms with Gasteiger partial charge in [0.25, 0.3) is 0 Å². The smallest absolute Gasteiger partial charge is 0.0114 e. The zero-order valence-corrected chi connectivity index (χ0v) is 8.11. The minimum Gasteiger partial charge on any atom is -0.309 e. The van der Waals surface area contributed by atoms with E-state index in [1.807, 2.05) is 0 Å². The van der Waals surface area contributed by atoms with Gasteiger partial charge < -0.3 is 5.41 Å². The van der Waals surface area contributed by atoms with E-state index in [1.165, 1.54) is 25.7 Å². The Balaban J connectivity index is 3.18. The van der Waals surface area contributed by atoms with Crippen molar-refractivity contribution in [1.82, 2.24) is 0 Å². The first-order valence-electron chi connectivity index (χ1n) is 4.75. The van der Waals surface area contributed by atoms with E-state index in [2.05, 4.69) is 20.8 Å². The van der Waals surface area contributed by atoms with Crippen molar-refractivity contribution in [1.29, 1.82) is 5.41 Å². The lowest BCUT2D eigenvalue weighted by molar-refractivity contribution is 0.670. The monoisotopic (exact) mass is 155 g/mol. The highest BCUT2D eigenvalue weighted by Gasteiger charge is 2.00. The van der Waals surface area contributed by atoms with Crippen LogP contribution in [0.5, 0.6) is 0 Å². The van der Waals surface area contributed by atoms with E-state index in [1.54, 1.807) is 0 Å². The second-order valence-corrected chi connectivity index (χ2v) is 3.49. The van der Waals surface area contributed by atoms with E-state index in [-0.39, 0.29) is 0 Å². The second-order valence-electron chi connectivity index (χ2n) is 3.49. The lowest BCUT2D eigenvalue weighted by Gasteiger charge is -2.05. The van der Waals surface area contributed by atoms with Gasteiger partial charge in [0.1, 0.15) is 0 Å². The molecule has 0 rings (SSSR count). The number of hydrogen-bond donors (Lipinski definition) is 1. The van der Waals surface area contributed by atoms with Crippen molar-refractivity contribution in [3.05, 3.63) is 0 Å². The molecule has 0 heterocycles. The SMILES string of the molecule is CCCCCCC(=N)C(C)C. The third kappa shape index (κ3) is 6.08. The molecule has 0 bridgehead atoms.